The van der Waals surface area contributed by atoms with Gasteiger partial charge in [-0.15, -0.1) is 11.3 Å². The van der Waals surface area contributed by atoms with Crippen molar-refractivity contribution in [2.45, 2.75) is 23.1 Å². The number of carbonyl (C=O) groups is 2. The quantitative estimate of drug-likeness (QED) is 0.694. The number of halogens is 2. The Morgan fingerprint density at radius 2 is 2.00 bits per heavy atom. The summed E-state index contributed by atoms with van der Waals surface area (Å²) in [6.45, 7) is 0.274. The second kappa shape index (κ2) is 9.19. The van der Waals surface area contributed by atoms with E-state index in [1.54, 1.807) is 11.4 Å². The van der Waals surface area contributed by atoms with Crippen LogP contribution in [0.15, 0.2) is 39.9 Å². The molecule has 1 aromatic heterocycles. The summed E-state index contributed by atoms with van der Waals surface area (Å²) in [5.41, 5.74) is 0.0838. The smallest absolute Gasteiger partial charge is 0.252 e. The maximum atomic E-state index is 13.6. The van der Waals surface area contributed by atoms with E-state index in [0.717, 1.165) is 23.5 Å². The van der Waals surface area contributed by atoms with Gasteiger partial charge in [0, 0.05) is 20.1 Å². The predicted molar refractivity (Wildman–Crippen MR) is 107 cm³/mol. The van der Waals surface area contributed by atoms with Gasteiger partial charge in [0.05, 0.1) is 5.92 Å². The topological polar surface area (TPSA) is 95.6 Å². The molecule has 1 aliphatic rings. The van der Waals surface area contributed by atoms with Crippen LogP contribution < -0.4 is 10.6 Å². The van der Waals surface area contributed by atoms with Crippen LogP contribution in [-0.4, -0.2) is 44.7 Å². The lowest BCUT2D eigenvalue weighted by Crippen LogP contribution is -2.47. The SMILES string of the molecule is CNC(=O)C(NC(=O)C1CCCN(S(=O)(=O)c2cccs2)C1)c1ccc(F)c(F)c1. The zero-order valence-corrected chi connectivity index (χ0v) is 17.7. The third-order valence-electron chi connectivity index (χ3n) is 4.92. The van der Waals surface area contributed by atoms with Crippen LogP contribution >= 0.6 is 11.3 Å². The van der Waals surface area contributed by atoms with Crippen LogP contribution in [0.3, 0.4) is 0 Å². The Bertz CT molecular complexity index is 1030. The van der Waals surface area contributed by atoms with E-state index in [1.165, 1.54) is 23.5 Å². The number of hydrogen-bond donors (Lipinski definition) is 2. The van der Waals surface area contributed by atoms with Crippen LogP contribution in [0.5, 0.6) is 0 Å². The Kier molecular flexibility index (Phi) is 6.84. The van der Waals surface area contributed by atoms with E-state index in [1.807, 2.05) is 0 Å². The van der Waals surface area contributed by atoms with Crippen molar-refractivity contribution < 1.29 is 26.8 Å². The van der Waals surface area contributed by atoms with Crippen LogP contribution in [0.2, 0.25) is 0 Å². The number of likely N-dealkylation sites (N-methyl/N-ethyl adjacent to an activating group) is 1. The van der Waals surface area contributed by atoms with E-state index in [9.17, 15) is 26.8 Å². The van der Waals surface area contributed by atoms with Crippen LogP contribution in [0.4, 0.5) is 8.78 Å². The first kappa shape index (κ1) is 22.3. The Balaban J connectivity index is 1.77. The molecule has 162 valence electrons. The number of amides is 2. The Labute approximate surface area is 177 Å². The van der Waals surface area contributed by atoms with E-state index in [4.69, 9.17) is 0 Å². The molecule has 1 aliphatic heterocycles. The van der Waals surface area contributed by atoms with Gasteiger partial charge in [-0.1, -0.05) is 12.1 Å². The highest BCUT2D eigenvalue weighted by atomic mass is 32.2. The van der Waals surface area contributed by atoms with E-state index in [-0.39, 0.29) is 16.3 Å². The number of nitrogens with one attached hydrogen (secondary N) is 2. The third-order valence-corrected chi connectivity index (χ3v) is 8.15. The van der Waals surface area contributed by atoms with Crippen molar-refractivity contribution in [2.75, 3.05) is 20.1 Å². The maximum Gasteiger partial charge on any atom is 0.252 e. The van der Waals surface area contributed by atoms with Crippen molar-refractivity contribution in [1.82, 2.24) is 14.9 Å². The highest BCUT2D eigenvalue weighted by molar-refractivity contribution is 7.91. The summed E-state index contributed by atoms with van der Waals surface area (Å²) in [5.74, 6) is -4.01. The molecule has 3 rings (SSSR count). The average molecular weight is 458 g/mol. The molecule has 2 aromatic rings. The van der Waals surface area contributed by atoms with Gasteiger partial charge in [-0.2, -0.15) is 4.31 Å². The molecule has 2 amide bonds. The van der Waals surface area contributed by atoms with Crippen molar-refractivity contribution in [1.29, 1.82) is 0 Å². The molecular formula is C19H21F2N3O4S2. The highest BCUT2D eigenvalue weighted by Gasteiger charge is 2.35. The lowest BCUT2D eigenvalue weighted by molar-refractivity contribution is -0.131. The number of piperidine rings is 1. The number of benzene rings is 1. The molecule has 0 radical (unpaired) electrons. The average Bonchev–Trinajstić information content (AvgIpc) is 3.29. The number of nitrogens with zero attached hydrogens (tertiary/aromatic N) is 1. The molecule has 30 heavy (non-hydrogen) atoms. The molecule has 2 heterocycles. The fourth-order valence-corrected chi connectivity index (χ4v) is 5.98. The first-order chi connectivity index (χ1) is 14.2. The first-order valence-corrected chi connectivity index (χ1v) is 11.6. The first-order valence-electron chi connectivity index (χ1n) is 9.24. The fourth-order valence-electron chi connectivity index (χ4n) is 3.31. The molecule has 1 aromatic carbocycles. The lowest BCUT2D eigenvalue weighted by Gasteiger charge is -2.31. The molecule has 2 unspecified atom stereocenters. The molecule has 11 heteroatoms. The Morgan fingerprint density at radius 3 is 2.63 bits per heavy atom. The van der Waals surface area contributed by atoms with Gasteiger partial charge >= 0.3 is 0 Å². The van der Waals surface area contributed by atoms with E-state index < -0.39 is 45.4 Å². The number of hydrogen-bond acceptors (Lipinski definition) is 5. The number of sulfonamides is 1. The molecule has 0 spiro atoms. The monoisotopic (exact) mass is 457 g/mol. The summed E-state index contributed by atoms with van der Waals surface area (Å²) < 4.78 is 53.8. The summed E-state index contributed by atoms with van der Waals surface area (Å²) in [6.07, 6.45) is 0.930. The van der Waals surface area contributed by atoms with Gasteiger partial charge in [0.25, 0.3) is 10.0 Å². The van der Waals surface area contributed by atoms with Gasteiger partial charge in [0.15, 0.2) is 11.6 Å². The second-order valence-electron chi connectivity index (χ2n) is 6.86. The maximum absolute atomic E-state index is 13.6. The molecule has 1 fully saturated rings. The summed E-state index contributed by atoms with van der Waals surface area (Å²) >= 11 is 1.10. The Hall–Kier alpha value is -2.37. The largest absolute Gasteiger partial charge is 0.357 e. The minimum absolute atomic E-state index is 0.0235. The summed E-state index contributed by atoms with van der Waals surface area (Å²) in [7, 11) is -2.34. The van der Waals surface area contributed by atoms with E-state index in [2.05, 4.69) is 10.6 Å². The lowest BCUT2D eigenvalue weighted by atomic mass is 9.97. The second-order valence-corrected chi connectivity index (χ2v) is 9.98. The minimum atomic E-state index is -3.70. The van der Waals surface area contributed by atoms with Gasteiger partial charge in [0.1, 0.15) is 10.3 Å². The molecule has 2 N–H and O–H groups in total. The molecule has 1 saturated heterocycles. The van der Waals surface area contributed by atoms with Crippen LogP contribution in [0, 0.1) is 17.6 Å². The Morgan fingerprint density at radius 1 is 1.23 bits per heavy atom. The van der Waals surface area contributed by atoms with Crippen molar-refractivity contribution in [3.8, 4) is 0 Å². The normalized spacial score (nSPS) is 18.6. The van der Waals surface area contributed by atoms with Gasteiger partial charge in [-0.05, 0) is 42.0 Å². The van der Waals surface area contributed by atoms with Crippen LogP contribution in [0.1, 0.15) is 24.4 Å². The molecule has 2 atom stereocenters. The molecule has 0 saturated carbocycles. The van der Waals surface area contributed by atoms with Gasteiger partial charge in [-0.3, -0.25) is 9.59 Å². The number of rotatable bonds is 6. The molecule has 0 bridgehead atoms. The van der Waals surface area contributed by atoms with E-state index in [0.29, 0.717) is 19.4 Å². The minimum Gasteiger partial charge on any atom is -0.357 e. The summed E-state index contributed by atoms with van der Waals surface area (Å²) in [4.78, 5) is 25.1. The van der Waals surface area contributed by atoms with Crippen molar-refractivity contribution in [2.24, 2.45) is 5.92 Å². The standard InChI is InChI=1S/C19H21F2N3O4S2/c1-22-19(26)17(12-6-7-14(20)15(21)10-12)23-18(25)13-4-2-8-24(11-13)30(27,28)16-5-3-9-29-16/h3,5-7,9-10,13,17H,2,4,8,11H2,1H3,(H,22,26)(H,23,25). The predicted octanol–water partition coefficient (Wildman–Crippen LogP) is 2.03. The fraction of sp³-hybridized carbons (Fsp3) is 0.368. The van der Waals surface area contributed by atoms with Gasteiger partial charge in [0.2, 0.25) is 11.8 Å². The number of carbonyl (C=O) groups excluding carboxylic acids is 2. The molecule has 0 aliphatic carbocycles. The summed E-state index contributed by atoms with van der Waals surface area (Å²) in [6, 6.07) is 4.86. The van der Waals surface area contributed by atoms with Gasteiger partial charge in [-0.25, -0.2) is 17.2 Å². The zero-order chi connectivity index (χ0) is 21.9. The van der Waals surface area contributed by atoms with Crippen LogP contribution in [0.25, 0.3) is 0 Å². The highest BCUT2D eigenvalue weighted by Crippen LogP contribution is 2.27. The third kappa shape index (κ3) is 4.68. The van der Waals surface area contributed by atoms with E-state index >= 15 is 0 Å². The molecular weight excluding hydrogens is 436 g/mol. The van der Waals surface area contributed by atoms with Crippen molar-refractivity contribution in [3.05, 3.63) is 52.9 Å². The number of thiophene rings is 1. The summed E-state index contributed by atoms with van der Waals surface area (Å²) in [5, 5.41) is 6.59. The van der Waals surface area contributed by atoms with Crippen LogP contribution in [-0.2, 0) is 19.6 Å². The van der Waals surface area contributed by atoms with Gasteiger partial charge < -0.3 is 10.6 Å². The molecule has 7 nitrogen and oxygen atoms in total. The zero-order valence-electron chi connectivity index (χ0n) is 16.1. The van der Waals surface area contributed by atoms with Crippen molar-refractivity contribution in [3.63, 3.8) is 0 Å². The van der Waals surface area contributed by atoms with Crippen molar-refractivity contribution >= 4 is 33.2 Å².